The van der Waals surface area contributed by atoms with E-state index in [2.05, 4.69) is 0 Å². The average Bonchev–Trinajstić information content (AvgIpc) is 2.08. The third kappa shape index (κ3) is 1.77. The minimum Gasteiger partial charge on any atom is -0.508 e. The van der Waals surface area contributed by atoms with Gasteiger partial charge in [-0.1, -0.05) is 19.1 Å². The van der Waals surface area contributed by atoms with Gasteiger partial charge in [-0.25, -0.2) is 0 Å². The van der Waals surface area contributed by atoms with Gasteiger partial charge in [-0.05, 0) is 24.1 Å². The Hall–Kier alpha value is -1.02. The fourth-order valence-electron chi connectivity index (χ4n) is 1.04. The van der Waals surface area contributed by atoms with E-state index in [1.54, 1.807) is 6.07 Å². The summed E-state index contributed by atoms with van der Waals surface area (Å²) in [7, 11) is 0. The van der Waals surface area contributed by atoms with Gasteiger partial charge in [0.25, 0.3) is 0 Å². The van der Waals surface area contributed by atoms with Crippen LogP contribution >= 0.6 is 0 Å². The molecule has 2 nitrogen and oxygen atoms in total. The number of hydrogen-bond acceptors (Lipinski definition) is 2. The van der Waals surface area contributed by atoms with Crippen LogP contribution in [-0.4, -0.2) is 16.8 Å². The number of rotatable bonds is 2. The molecule has 0 heterocycles. The van der Waals surface area contributed by atoms with Crippen LogP contribution in [0.15, 0.2) is 18.2 Å². The average molecular weight is 166 g/mol. The zero-order valence-electron chi connectivity index (χ0n) is 7.41. The van der Waals surface area contributed by atoms with E-state index in [0.717, 1.165) is 11.1 Å². The summed E-state index contributed by atoms with van der Waals surface area (Å²) in [5.74, 6) is 0.393. The summed E-state index contributed by atoms with van der Waals surface area (Å²) in [6, 6.07) is 5.49. The second kappa shape index (κ2) is 3.59. The van der Waals surface area contributed by atoms with E-state index in [0.29, 0.717) is 5.75 Å². The maximum atomic E-state index is 9.36. The molecule has 0 aliphatic rings. The smallest absolute Gasteiger partial charge is 0.118 e. The Kier molecular flexibility index (Phi) is 2.71. The predicted molar refractivity (Wildman–Crippen MR) is 48.3 cm³/mol. The van der Waals surface area contributed by atoms with E-state index in [1.807, 2.05) is 26.0 Å². The lowest BCUT2D eigenvalue weighted by molar-refractivity contribution is 0.273. The molecule has 0 bridgehead atoms. The number of phenols is 1. The molecule has 0 saturated heterocycles. The molecule has 0 aliphatic heterocycles. The van der Waals surface area contributed by atoms with Gasteiger partial charge in [0, 0.05) is 12.5 Å². The molecule has 1 rings (SSSR count). The lowest BCUT2D eigenvalue weighted by Crippen LogP contribution is -1.98. The van der Waals surface area contributed by atoms with Crippen LogP contribution in [0.25, 0.3) is 0 Å². The van der Waals surface area contributed by atoms with Gasteiger partial charge in [-0.2, -0.15) is 0 Å². The highest BCUT2D eigenvalue weighted by atomic mass is 16.3. The Morgan fingerprint density at radius 3 is 2.58 bits per heavy atom. The van der Waals surface area contributed by atoms with Crippen molar-refractivity contribution in [2.75, 3.05) is 6.61 Å². The van der Waals surface area contributed by atoms with Crippen LogP contribution in [0.2, 0.25) is 0 Å². The lowest BCUT2D eigenvalue weighted by Gasteiger charge is -2.09. The third-order valence-electron chi connectivity index (χ3n) is 2.08. The normalized spacial score (nSPS) is 12.9. The molecule has 12 heavy (non-hydrogen) atoms. The van der Waals surface area contributed by atoms with Gasteiger partial charge in [0.1, 0.15) is 5.75 Å². The predicted octanol–water partition coefficient (Wildman–Crippen LogP) is 1.80. The van der Waals surface area contributed by atoms with Crippen molar-refractivity contribution in [2.24, 2.45) is 0 Å². The van der Waals surface area contributed by atoms with Crippen molar-refractivity contribution in [3.63, 3.8) is 0 Å². The second-order valence-corrected chi connectivity index (χ2v) is 3.13. The standard InChI is InChI=1S/C10H14O2/c1-7-3-4-9(5-10(7)12)8(2)6-11/h3-5,8,11-12H,6H2,1-2H3. The molecule has 1 atom stereocenters. The van der Waals surface area contributed by atoms with Gasteiger partial charge in [0.2, 0.25) is 0 Å². The monoisotopic (exact) mass is 166 g/mol. The van der Waals surface area contributed by atoms with Crippen LogP contribution in [0.5, 0.6) is 5.75 Å². The molecule has 1 unspecified atom stereocenters. The number of hydrogen-bond donors (Lipinski definition) is 2. The van der Waals surface area contributed by atoms with Crippen LogP contribution < -0.4 is 0 Å². The summed E-state index contributed by atoms with van der Waals surface area (Å²) in [5, 5.41) is 18.2. The SMILES string of the molecule is Cc1ccc(C(C)CO)cc1O. The molecule has 0 saturated carbocycles. The number of aliphatic hydroxyl groups excluding tert-OH is 1. The van der Waals surface area contributed by atoms with Crippen molar-refractivity contribution < 1.29 is 10.2 Å². The van der Waals surface area contributed by atoms with Crippen LogP contribution in [0, 0.1) is 6.92 Å². The zero-order valence-corrected chi connectivity index (χ0v) is 7.41. The molecule has 0 amide bonds. The summed E-state index contributed by atoms with van der Waals surface area (Å²) in [6.07, 6.45) is 0. The van der Waals surface area contributed by atoms with Crippen molar-refractivity contribution in [2.45, 2.75) is 19.8 Å². The van der Waals surface area contributed by atoms with Crippen LogP contribution in [-0.2, 0) is 0 Å². The quantitative estimate of drug-likeness (QED) is 0.703. The molecule has 0 spiro atoms. The molecule has 0 aromatic heterocycles. The first kappa shape index (κ1) is 9.07. The van der Waals surface area contributed by atoms with Gasteiger partial charge in [-0.15, -0.1) is 0 Å². The fraction of sp³-hybridized carbons (Fsp3) is 0.400. The summed E-state index contributed by atoms with van der Waals surface area (Å²) >= 11 is 0. The molecule has 66 valence electrons. The Morgan fingerprint density at radius 1 is 1.42 bits per heavy atom. The zero-order chi connectivity index (χ0) is 9.14. The van der Waals surface area contributed by atoms with Crippen LogP contribution in [0.4, 0.5) is 0 Å². The molecular formula is C10H14O2. The number of aryl methyl sites for hydroxylation is 1. The first-order valence-electron chi connectivity index (χ1n) is 4.05. The molecule has 0 radical (unpaired) electrons. The Bertz CT molecular complexity index is 269. The second-order valence-electron chi connectivity index (χ2n) is 3.13. The molecule has 2 N–H and O–H groups in total. The van der Waals surface area contributed by atoms with Gasteiger partial charge < -0.3 is 10.2 Å². The van der Waals surface area contributed by atoms with Crippen molar-refractivity contribution in [3.8, 4) is 5.75 Å². The highest BCUT2D eigenvalue weighted by molar-refractivity contribution is 5.36. The summed E-state index contributed by atoms with van der Waals surface area (Å²) in [5.41, 5.74) is 1.84. The van der Waals surface area contributed by atoms with Crippen LogP contribution in [0.3, 0.4) is 0 Å². The third-order valence-corrected chi connectivity index (χ3v) is 2.08. The Balaban J connectivity index is 2.96. The summed E-state index contributed by atoms with van der Waals surface area (Å²) < 4.78 is 0. The van der Waals surface area contributed by atoms with Crippen LogP contribution in [0.1, 0.15) is 24.0 Å². The largest absolute Gasteiger partial charge is 0.508 e. The highest BCUT2D eigenvalue weighted by Gasteiger charge is 2.05. The number of benzene rings is 1. The molecule has 1 aromatic carbocycles. The van der Waals surface area contributed by atoms with Crippen molar-refractivity contribution in [1.29, 1.82) is 0 Å². The molecule has 0 aliphatic carbocycles. The Labute approximate surface area is 72.5 Å². The first-order valence-corrected chi connectivity index (χ1v) is 4.05. The highest BCUT2D eigenvalue weighted by Crippen LogP contribution is 2.22. The molecule has 2 heteroatoms. The molecular weight excluding hydrogens is 152 g/mol. The van der Waals surface area contributed by atoms with E-state index in [-0.39, 0.29) is 12.5 Å². The minimum atomic E-state index is 0.0940. The summed E-state index contributed by atoms with van der Waals surface area (Å²) in [6.45, 7) is 3.88. The topological polar surface area (TPSA) is 40.5 Å². The number of phenolic OH excluding ortho intramolecular Hbond substituents is 1. The minimum absolute atomic E-state index is 0.0940. The molecule has 0 fully saturated rings. The fourth-order valence-corrected chi connectivity index (χ4v) is 1.04. The van der Waals surface area contributed by atoms with E-state index >= 15 is 0 Å². The van der Waals surface area contributed by atoms with Gasteiger partial charge in [-0.3, -0.25) is 0 Å². The van der Waals surface area contributed by atoms with E-state index in [1.165, 1.54) is 0 Å². The van der Waals surface area contributed by atoms with Crippen molar-refractivity contribution >= 4 is 0 Å². The van der Waals surface area contributed by atoms with Gasteiger partial charge >= 0.3 is 0 Å². The van der Waals surface area contributed by atoms with E-state index in [9.17, 15) is 5.11 Å². The van der Waals surface area contributed by atoms with Gasteiger partial charge in [0.05, 0.1) is 0 Å². The lowest BCUT2D eigenvalue weighted by atomic mass is 10.0. The molecule has 1 aromatic rings. The van der Waals surface area contributed by atoms with Crippen molar-refractivity contribution in [1.82, 2.24) is 0 Å². The first-order chi connectivity index (χ1) is 5.65. The maximum absolute atomic E-state index is 9.36. The number of aliphatic hydroxyl groups is 1. The Morgan fingerprint density at radius 2 is 2.08 bits per heavy atom. The van der Waals surface area contributed by atoms with Gasteiger partial charge in [0.15, 0.2) is 0 Å². The summed E-state index contributed by atoms with van der Waals surface area (Å²) in [4.78, 5) is 0. The van der Waals surface area contributed by atoms with E-state index < -0.39 is 0 Å². The number of aromatic hydroxyl groups is 1. The van der Waals surface area contributed by atoms with E-state index in [4.69, 9.17) is 5.11 Å². The van der Waals surface area contributed by atoms with Crippen molar-refractivity contribution in [3.05, 3.63) is 29.3 Å². The maximum Gasteiger partial charge on any atom is 0.118 e.